The molecule has 0 saturated carbocycles. The van der Waals surface area contributed by atoms with Gasteiger partial charge in [-0.25, -0.2) is 5.84 Å². The molecule has 7 heteroatoms. The molecule has 1 aromatic carbocycles. The van der Waals surface area contributed by atoms with Gasteiger partial charge in [0.2, 0.25) is 0 Å². The van der Waals surface area contributed by atoms with Crippen LogP contribution in [0, 0.1) is 11.3 Å². The Morgan fingerprint density at radius 3 is 3.00 bits per heavy atom. The molecule has 0 radical (unpaired) electrons. The van der Waals surface area contributed by atoms with Gasteiger partial charge in [0.1, 0.15) is 12.7 Å². The molecule has 0 bridgehead atoms. The monoisotopic (exact) mass is 291 g/mol. The largest absolute Gasteiger partial charge is 0.493 e. The first-order valence-corrected chi connectivity index (χ1v) is 6.54. The van der Waals surface area contributed by atoms with E-state index in [1.807, 2.05) is 6.07 Å². The Bertz CT molecular complexity index is 556. The summed E-state index contributed by atoms with van der Waals surface area (Å²) >= 11 is 0. The van der Waals surface area contributed by atoms with Crippen molar-refractivity contribution < 1.29 is 19.0 Å². The Balaban J connectivity index is 1.92. The first kappa shape index (κ1) is 15.1. The highest BCUT2D eigenvalue weighted by Crippen LogP contribution is 2.29. The summed E-state index contributed by atoms with van der Waals surface area (Å²) in [7, 11) is 1.51. The van der Waals surface area contributed by atoms with Gasteiger partial charge in [-0.05, 0) is 25.0 Å². The summed E-state index contributed by atoms with van der Waals surface area (Å²) in [5.74, 6) is 5.77. The van der Waals surface area contributed by atoms with Gasteiger partial charge in [-0.1, -0.05) is 0 Å². The lowest BCUT2D eigenvalue weighted by Crippen LogP contribution is -2.39. The molecule has 2 atom stereocenters. The van der Waals surface area contributed by atoms with Crippen LogP contribution in [0.4, 0.5) is 0 Å². The summed E-state index contributed by atoms with van der Waals surface area (Å²) < 4.78 is 16.4. The van der Waals surface area contributed by atoms with Gasteiger partial charge in [0, 0.05) is 6.07 Å². The van der Waals surface area contributed by atoms with Gasteiger partial charge in [-0.15, -0.1) is 0 Å². The van der Waals surface area contributed by atoms with Gasteiger partial charge in [0.15, 0.2) is 11.5 Å². The van der Waals surface area contributed by atoms with E-state index >= 15 is 0 Å². The topological polar surface area (TPSA) is 107 Å². The van der Waals surface area contributed by atoms with Crippen molar-refractivity contribution in [2.45, 2.75) is 25.0 Å². The third-order valence-electron chi connectivity index (χ3n) is 3.26. The highest BCUT2D eigenvalue weighted by molar-refractivity contribution is 5.80. The number of benzene rings is 1. The fourth-order valence-electron chi connectivity index (χ4n) is 2.15. The lowest BCUT2D eigenvalue weighted by molar-refractivity contribution is -0.132. The van der Waals surface area contributed by atoms with E-state index in [0.29, 0.717) is 30.1 Å². The molecule has 1 fully saturated rings. The minimum absolute atomic E-state index is 0.173. The van der Waals surface area contributed by atoms with Crippen LogP contribution in [-0.4, -0.2) is 31.8 Å². The van der Waals surface area contributed by atoms with Crippen LogP contribution in [0.2, 0.25) is 0 Å². The molecule has 0 aliphatic carbocycles. The number of hydrogen-bond acceptors (Lipinski definition) is 6. The van der Waals surface area contributed by atoms with Crippen LogP contribution in [0.5, 0.6) is 11.5 Å². The van der Waals surface area contributed by atoms with Gasteiger partial charge in [0.25, 0.3) is 5.91 Å². The van der Waals surface area contributed by atoms with Crippen LogP contribution in [0.15, 0.2) is 18.2 Å². The molecule has 1 saturated heterocycles. The van der Waals surface area contributed by atoms with E-state index in [9.17, 15) is 4.79 Å². The second-order valence-electron chi connectivity index (χ2n) is 4.62. The fourth-order valence-corrected chi connectivity index (χ4v) is 2.15. The summed E-state index contributed by atoms with van der Waals surface area (Å²) in [6.07, 6.45) is 0.636. The molecule has 21 heavy (non-hydrogen) atoms. The van der Waals surface area contributed by atoms with Crippen LogP contribution in [0.25, 0.3) is 0 Å². The van der Waals surface area contributed by atoms with Crippen molar-refractivity contribution in [2.75, 3.05) is 13.7 Å². The third-order valence-corrected chi connectivity index (χ3v) is 3.26. The molecule has 0 aromatic heterocycles. The van der Waals surface area contributed by atoms with Crippen molar-refractivity contribution in [1.82, 2.24) is 5.43 Å². The van der Waals surface area contributed by atoms with Gasteiger partial charge in [-0.3, -0.25) is 10.2 Å². The Morgan fingerprint density at radius 2 is 2.33 bits per heavy atom. The molecular weight excluding hydrogens is 274 g/mol. The smallest absolute Gasteiger partial charge is 0.263 e. The van der Waals surface area contributed by atoms with Crippen LogP contribution in [-0.2, 0) is 9.53 Å². The number of hydrazine groups is 1. The predicted molar refractivity (Wildman–Crippen MR) is 73.4 cm³/mol. The van der Waals surface area contributed by atoms with Gasteiger partial charge in [-0.2, -0.15) is 5.26 Å². The number of nitriles is 1. The number of nitrogens with two attached hydrogens (primary N) is 1. The zero-order valence-electron chi connectivity index (χ0n) is 11.7. The maximum absolute atomic E-state index is 11.4. The summed E-state index contributed by atoms with van der Waals surface area (Å²) in [4.78, 5) is 11.4. The molecule has 2 unspecified atom stereocenters. The maximum Gasteiger partial charge on any atom is 0.263 e. The standard InChI is InChI=1S/C14H17N3O4/c1-19-13-6-9(7-15)2-4-11(13)20-8-10-3-5-12(21-10)14(18)17-16/h2,4,6,10,12H,3,5,8,16H2,1H3,(H,17,18). The number of rotatable bonds is 5. The molecule has 112 valence electrons. The lowest BCUT2D eigenvalue weighted by Gasteiger charge is -2.15. The second-order valence-corrected chi connectivity index (χ2v) is 4.62. The van der Waals surface area contributed by atoms with Crippen molar-refractivity contribution in [3.8, 4) is 17.6 Å². The quantitative estimate of drug-likeness (QED) is 0.464. The molecule has 2 rings (SSSR count). The predicted octanol–water partition coefficient (Wildman–Crippen LogP) is 0.483. The summed E-state index contributed by atoms with van der Waals surface area (Å²) in [5.41, 5.74) is 2.57. The molecule has 1 aliphatic rings. The Kier molecular flexibility index (Phi) is 4.98. The van der Waals surface area contributed by atoms with Crippen LogP contribution >= 0.6 is 0 Å². The summed E-state index contributed by atoms with van der Waals surface area (Å²) in [6.45, 7) is 0.302. The normalized spacial score (nSPS) is 20.6. The lowest BCUT2D eigenvalue weighted by atomic mass is 10.2. The van der Waals surface area contributed by atoms with Crippen molar-refractivity contribution in [1.29, 1.82) is 5.26 Å². The Morgan fingerprint density at radius 1 is 1.52 bits per heavy atom. The minimum Gasteiger partial charge on any atom is -0.493 e. The number of nitrogens with zero attached hydrogens (tertiary/aromatic N) is 1. The molecular formula is C14H17N3O4. The minimum atomic E-state index is -0.522. The number of amides is 1. The van der Waals surface area contributed by atoms with Crippen LogP contribution in [0.1, 0.15) is 18.4 Å². The number of methoxy groups -OCH3 is 1. The molecule has 1 aromatic rings. The zero-order chi connectivity index (χ0) is 15.2. The van der Waals surface area contributed by atoms with Crippen molar-refractivity contribution in [3.63, 3.8) is 0 Å². The zero-order valence-corrected chi connectivity index (χ0v) is 11.7. The van der Waals surface area contributed by atoms with Crippen LogP contribution < -0.4 is 20.7 Å². The average Bonchev–Trinajstić information content (AvgIpc) is 3.00. The van der Waals surface area contributed by atoms with E-state index in [0.717, 1.165) is 6.42 Å². The number of carbonyl (C=O) groups is 1. The van der Waals surface area contributed by atoms with E-state index in [4.69, 9.17) is 25.3 Å². The molecule has 1 heterocycles. The molecule has 7 nitrogen and oxygen atoms in total. The number of hydrogen-bond donors (Lipinski definition) is 2. The molecule has 1 aliphatic heterocycles. The Hall–Kier alpha value is -2.30. The first-order valence-electron chi connectivity index (χ1n) is 6.54. The van der Waals surface area contributed by atoms with E-state index < -0.39 is 6.10 Å². The summed E-state index contributed by atoms with van der Waals surface area (Å²) in [6, 6.07) is 6.97. The van der Waals surface area contributed by atoms with Crippen molar-refractivity contribution >= 4 is 5.91 Å². The first-order chi connectivity index (χ1) is 10.2. The maximum atomic E-state index is 11.4. The van der Waals surface area contributed by atoms with E-state index in [1.165, 1.54) is 7.11 Å². The summed E-state index contributed by atoms with van der Waals surface area (Å²) in [5, 5.41) is 8.84. The van der Waals surface area contributed by atoms with Gasteiger partial charge >= 0.3 is 0 Å². The number of ether oxygens (including phenoxy) is 3. The second kappa shape index (κ2) is 6.92. The van der Waals surface area contributed by atoms with E-state index in [-0.39, 0.29) is 12.0 Å². The highest BCUT2D eigenvalue weighted by atomic mass is 16.6. The third kappa shape index (κ3) is 3.62. The molecule has 1 amide bonds. The fraction of sp³-hybridized carbons (Fsp3) is 0.429. The SMILES string of the molecule is COc1cc(C#N)ccc1OCC1CCC(C(=O)NN)O1. The van der Waals surface area contributed by atoms with Gasteiger partial charge < -0.3 is 14.2 Å². The van der Waals surface area contributed by atoms with Crippen LogP contribution in [0.3, 0.4) is 0 Å². The average molecular weight is 291 g/mol. The molecule has 3 N–H and O–H groups in total. The van der Waals surface area contributed by atoms with E-state index in [1.54, 1.807) is 18.2 Å². The van der Waals surface area contributed by atoms with Crippen molar-refractivity contribution in [3.05, 3.63) is 23.8 Å². The van der Waals surface area contributed by atoms with E-state index in [2.05, 4.69) is 5.43 Å². The van der Waals surface area contributed by atoms with Gasteiger partial charge in [0.05, 0.1) is 24.8 Å². The Labute approximate surface area is 122 Å². The van der Waals surface area contributed by atoms with Crippen molar-refractivity contribution in [2.24, 2.45) is 5.84 Å². The highest BCUT2D eigenvalue weighted by Gasteiger charge is 2.30. The number of carbonyl (C=O) groups excluding carboxylic acids is 1. The number of nitrogens with one attached hydrogen (secondary N) is 1. The molecule has 0 spiro atoms.